The summed E-state index contributed by atoms with van der Waals surface area (Å²) in [6, 6.07) is 0. The second kappa shape index (κ2) is 7.01. The van der Waals surface area contributed by atoms with Crippen LogP contribution in [0.25, 0.3) is 0 Å². The minimum Gasteiger partial charge on any atom is -0.374 e. The van der Waals surface area contributed by atoms with Crippen LogP contribution in [0.2, 0.25) is 0 Å². The van der Waals surface area contributed by atoms with Gasteiger partial charge in [-0.25, -0.2) is 8.78 Å². The van der Waals surface area contributed by atoms with Crippen molar-refractivity contribution in [1.82, 2.24) is 10.2 Å². The highest BCUT2D eigenvalue weighted by molar-refractivity contribution is 5.89. The van der Waals surface area contributed by atoms with Crippen LogP contribution >= 0.6 is 0 Å². The summed E-state index contributed by atoms with van der Waals surface area (Å²) >= 11 is 0. The molecule has 0 radical (unpaired) electrons. The number of carbonyl (C=O) groups excluding carboxylic acids is 1. The Balaban J connectivity index is 1.95. The summed E-state index contributed by atoms with van der Waals surface area (Å²) in [5.74, 6) is 0.600. The van der Waals surface area contributed by atoms with Crippen molar-refractivity contribution in [1.29, 1.82) is 0 Å². The van der Waals surface area contributed by atoms with Crippen LogP contribution in [-0.4, -0.2) is 48.7 Å². The maximum atomic E-state index is 12.7. The number of nitrogens with zero attached hydrogens (tertiary/aromatic N) is 1. The van der Waals surface area contributed by atoms with E-state index in [1.165, 1.54) is 0 Å². The van der Waals surface area contributed by atoms with E-state index in [2.05, 4.69) is 19.2 Å². The quantitative estimate of drug-likeness (QED) is 0.734. The Labute approximate surface area is 125 Å². The van der Waals surface area contributed by atoms with Gasteiger partial charge in [0.1, 0.15) is 6.61 Å². The molecule has 21 heavy (non-hydrogen) atoms. The number of halogens is 2. The molecule has 1 unspecified atom stereocenters. The molecule has 0 bridgehead atoms. The normalized spacial score (nSPS) is 25.0. The zero-order chi connectivity index (χ0) is 15.5. The molecule has 1 atom stereocenters. The first-order valence-corrected chi connectivity index (χ1v) is 7.89. The molecule has 1 heterocycles. The summed E-state index contributed by atoms with van der Waals surface area (Å²) in [6.45, 7) is 4.24. The largest absolute Gasteiger partial charge is 0.374 e. The van der Waals surface area contributed by atoms with E-state index >= 15 is 0 Å². The first kappa shape index (κ1) is 16.6. The van der Waals surface area contributed by atoms with E-state index < -0.39 is 18.6 Å². The molecule has 1 saturated carbocycles. The lowest BCUT2D eigenvalue weighted by atomic mass is 9.98. The van der Waals surface area contributed by atoms with Crippen LogP contribution in [0, 0.1) is 5.92 Å². The third kappa shape index (κ3) is 3.92. The highest BCUT2D eigenvalue weighted by Gasteiger charge is 2.51. The number of ether oxygens (including phenoxy) is 1. The lowest BCUT2D eigenvalue weighted by molar-refractivity contribution is -0.134. The van der Waals surface area contributed by atoms with Gasteiger partial charge < -0.3 is 9.64 Å². The minimum absolute atomic E-state index is 0.00532. The zero-order valence-corrected chi connectivity index (χ0v) is 12.9. The Morgan fingerprint density at radius 2 is 2.05 bits per heavy atom. The molecule has 0 aromatic rings. The molecule has 122 valence electrons. The van der Waals surface area contributed by atoms with Crippen molar-refractivity contribution in [2.24, 2.45) is 5.92 Å². The highest BCUT2D eigenvalue weighted by atomic mass is 19.3. The van der Waals surface area contributed by atoms with Crippen molar-refractivity contribution < 1.29 is 18.3 Å². The van der Waals surface area contributed by atoms with Gasteiger partial charge in [0.2, 0.25) is 5.91 Å². The van der Waals surface area contributed by atoms with Crippen LogP contribution in [0.3, 0.4) is 0 Å². The van der Waals surface area contributed by atoms with Crippen molar-refractivity contribution >= 4 is 5.91 Å². The Morgan fingerprint density at radius 1 is 1.38 bits per heavy atom. The van der Waals surface area contributed by atoms with Crippen LogP contribution in [0.5, 0.6) is 0 Å². The molecule has 6 heteroatoms. The third-order valence-electron chi connectivity index (χ3n) is 4.36. The molecule has 0 aromatic carbocycles. The average Bonchev–Trinajstić information content (AvgIpc) is 2.94. The summed E-state index contributed by atoms with van der Waals surface area (Å²) in [6.07, 6.45) is 2.34. The van der Waals surface area contributed by atoms with Crippen LogP contribution in [0.4, 0.5) is 8.78 Å². The molecule has 1 spiro atoms. The van der Waals surface area contributed by atoms with Gasteiger partial charge in [0.15, 0.2) is 0 Å². The summed E-state index contributed by atoms with van der Waals surface area (Å²) < 4.78 is 29.1. The van der Waals surface area contributed by atoms with Gasteiger partial charge >= 0.3 is 0 Å². The number of nitrogens with one attached hydrogen (secondary N) is 1. The fourth-order valence-electron chi connectivity index (χ4n) is 3.44. The standard InChI is InChI=1S/C15H26F2N2O2/c1-11(2)9-13-18-15(5-3-4-6-15)14(20)19(13)7-8-21-10-12(16)17/h11-13,18H,3-10H2,1-2H3. The molecule has 4 nitrogen and oxygen atoms in total. The van der Waals surface area contributed by atoms with Crippen LogP contribution in [0.1, 0.15) is 46.0 Å². The smallest absolute Gasteiger partial charge is 0.261 e. The summed E-state index contributed by atoms with van der Waals surface area (Å²) in [5, 5.41) is 3.52. The summed E-state index contributed by atoms with van der Waals surface area (Å²) in [4.78, 5) is 14.5. The molecule has 2 fully saturated rings. The van der Waals surface area contributed by atoms with Gasteiger partial charge in [0.05, 0.1) is 18.3 Å². The van der Waals surface area contributed by atoms with Gasteiger partial charge in [-0.2, -0.15) is 0 Å². The Hall–Kier alpha value is -0.750. The molecule has 1 amide bonds. The van der Waals surface area contributed by atoms with Gasteiger partial charge in [-0.3, -0.25) is 10.1 Å². The number of alkyl halides is 2. The van der Waals surface area contributed by atoms with Gasteiger partial charge in [-0.1, -0.05) is 26.7 Å². The number of carbonyl (C=O) groups is 1. The fraction of sp³-hybridized carbons (Fsp3) is 0.933. The lowest BCUT2D eigenvalue weighted by Gasteiger charge is -2.25. The molecular weight excluding hydrogens is 278 g/mol. The van der Waals surface area contributed by atoms with E-state index in [0.717, 1.165) is 32.1 Å². The molecule has 0 aromatic heterocycles. The Kier molecular flexibility index (Phi) is 5.54. The summed E-state index contributed by atoms with van der Waals surface area (Å²) in [7, 11) is 0. The molecule has 1 aliphatic heterocycles. The first-order valence-electron chi connectivity index (χ1n) is 7.89. The van der Waals surface area contributed by atoms with Crippen molar-refractivity contribution in [2.45, 2.75) is 64.1 Å². The van der Waals surface area contributed by atoms with E-state index in [4.69, 9.17) is 4.74 Å². The molecule has 2 rings (SSSR count). The minimum atomic E-state index is -2.45. The van der Waals surface area contributed by atoms with E-state index in [0.29, 0.717) is 12.5 Å². The van der Waals surface area contributed by atoms with E-state index in [9.17, 15) is 13.6 Å². The van der Waals surface area contributed by atoms with Gasteiger partial charge in [-0.05, 0) is 25.2 Å². The lowest BCUT2D eigenvalue weighted by Crippen LogP contribution is -2.44. The molecule has 1 N–H and O–H groups in total. The van der Waals surface area contributed by atoms with Crippen LogP contribution < -0.4 is 5.32 Å². The van der Waals surface area contributed by atoms with E-state index in [1.807, 2.05) is 0 Å². The average molecular weight is 304 g/mol. The zero-order valence-electron chi connectivity index (χ0n) is 12.9. The van der Waals surface area contributed by atoms with Crippen LogP contribution in [0.15, 0.2) is 0 Å². The number of hydrogen-bond acceptors (Lipinski definition) is 3. The first-order chi connectivity index (χ1) is 9.94. The van der Waals surface area contributed by atoms with Crippen molar-refractivity contribution in [3.8, 4) is 0 Å². The Bertz CT molecular complexity index is 358. The topological polar surface area (TPSA) is 41.6 Å². The number of hydrogen-bond donors (Lipinski definition) is 1. The molecule has 1 saturated heterocycles. The molecule has 1 aliphatic carbocycles. The fourth-order valence-corrected chi connectivity index (χ4v) is 3.44. The number of amides is 1. The predicted octanol–water partition coefficient (Wildman–Crippen LogP) is 2.38. The van der Waals surface area contributed by atoms with Gasteiger partial charge in [-0.15, -0.1) is 0 Å². The second-order valence-electron chi connectivity index (χ2n) is 6.54. The van der Waals surface area contributed by atoms with E-state index in [-0.39, 0.29) is 18.7 Å². The maximum Gasteiger partial charge on any atom is 0.261 e. The summed E-state index contributed by atoms with van der Waals surface area (Å²) in [5.41, 5.74) is -0.401. The van der Waals surface area contributed by atoms with Crippen molar-refractivity contribution in [2.75, 3.05) is 19.8 Å². The van der Waals surface area contributed by atoms with Gasteiger partial charge in [0, 0.05) is 6.54 Å². The van der Waals surface area contributed by atoms with Gasteiger partial charge in [0.25, 0.3) is 6.43 Å². The number of rotatable bonds is 7. The highest BCUT2D eigenvalue weighted by Crippen LogP contribution is 2.37. The predicted molar refractivity (Wildman–Crippen MR) is 76.1 cm³/mol. The maximum absolute atomic E-state index is 12.7. The second-order valence-corrected chi connectivity index (χ2v) is 6.54. The monoisotopic (exact) mass is 304 g/mol. The Morgan fingerprint density at radius 3 is 2.62 bits per heavy atom. The van der Waals surface area contributed by atoms with Crippen LogP contribution in [-0.2, 0) is 9.53 Å². The third-order valence-corrected chi connectivity index (χ3v) is 4.36. The molecular formula is C15H26F2N2O2. The van der Waals surface area contributed by atoms with Crippen molar-refractivity contribution in [3.05, 3.63) is 0 Å². The SMILES string of the molecule is CC(C)CC1NC2(CCCC2)C(=O)N1CCOCC(F)F. The molecule has 2 aliphatic rings. The van der Waals surface area contributed by atoms with Crippen molar-refractivity contribution in [3.63, 3.8) is 0 Å². The van der Waals surface area contributed by atoms with E-state index in [1.54, 1.807) is 4.90 Å².